The molecule has 4 aromatic carbocycles. The molecule has 0 bridgehead atoms. The van der Waals surface area contributed by atoms with Gasteiger partial charge in [-0.15, -0.1) is 0 Å². The van der Waals surface area contributed by atoms with Gasteiger partial charge in [-0.3, -0.25) is 4.90 Å². The molecule has 0 radical (unpaired) electrons. The van der Waals surface area contributed by atoms with Crippen LogP contribution in [0.3, 0.4) is 0 Å². The third-order valence-corrected chi connectivity index (χ3v) is 6.33. The van der Waals surface area contributed by atoms with E-state index in [0.29, 0.717) is 13.2 Å². The van der Waals surface area contributed by atoms with E-state index in [0.717, 1.165) is 19.5 Å². The van der Waals surface area contributed by atoms with Gasteiger partial charge in [-0.1, -0.05) is 109 Å². The molecule has 32 heavy (non-hydrogen) atoms. The van der Waals surface area contributed by atoms with E-state index in [4.69, 9.17) is 4.74 Å². The van der Waals surface area contributed by atoms with Crippen LogP contribution >= 0.6 is 0 Å². The Bertz CT molecular complexity index is 1140. The number of hydrogen-bond donors (Lipinski definition) is 0. The monoisotopic (exact) mass is 419 g/mol. The normalized spacial score (nSPS) is 16.7. The van der Waals surface area contributed by atoms with Crippen LogP contribution < -0.4 is 0 Å². The van der Waals surface area contributed by atoms with Crippen molar-refractivity contribution < 1.29 is 4.74 Å². The number of rotatable bonds is 4. The Morgan fingerprint density at radius 1 is 0.625 bits per heavy atom. The van der Waals surface area contributed by atoms with Gasteiger partial charge in [-0.25, -0.2) is 0 Å². The van der Waals surface area contributed by atoms with Crippen molar-refractivity contribution in [3.05, 3.63) is 131 Å². The highest BCUT2D eigenvalue weighted by Crippen LogP contribution is 2.31. The summed E-state index contributed by atoms with van der Waals surface area (Å²) in [5, 5.41) is 0. The molecule has 0 saturated heterocycles. The second kappa shape index (κ2) is 9.95. The molecule has 1 aliphatic heterocycles. The summed E-state index contributed by atoms with van der Waals surface area (Å²) in [5.74, 6) is 0. The van der Waals surface area contributed by atoms with Crippen LogP contribution in [0.1, 0.15) is 22.3 Å². The van der Waals surface area contributed by atoms with Crippen LogP contribution in [0.4, 0.5) is 0 Å². The standard InChI is InChI=1S/C30H29NO/c1-3-11-24(12-4-1)19-28-23-32-22-27-16-8-10-18-30(27)29-17-9-7-15-26(29)21-31(28)20-25-13-5-2-6-14-25/h1-18,28H,19-23H2. The van der Waals surface area contributed by atoms with E-state index < -0.39 is 0 Å². The van der Waals surface area contributed by atoms with Gasteiger partial charge in [-0.2, -0.15) is 0 Å². The van der Waals surface area contributed by atoms with E-state index in [-0.39, 0.29) is 6.04 Å². The Balaban J connectivity index is 1.54. The minimum Gasteiger partial charge on any atom is -0.375 e. The maximum absolute atomic E-state index is 6.36. The van der Waals surface area contributed by atoms with Gasteiger partial charge >= 0.3 is 0 Å². The predicted octanol–water partition coefficient (Wildman–Crippen LogP) is 6.50. The number of ether oxygens (including phenoxy) is 1. The maximum Gasteiger partial charge on any atom is 0.0723 e. The maximum atomic E-state index is 6.36. The molecule has 1 heterocycles. The van der Waals surface area contributed by atoms with Crippen molar-refractivity contribution in [3.63, 3.8) is 0 Å². The molecule has 2 heteroatoms. The summed E-state index contributed by atoms with van der Waals surface area (Å²) in [7, 11) is 0. The van der Waals surface area contributed by atoms with Crippen LogP contribution in [-0.4, -0.2) is 17.5 Å². The zero-order valence-corrected chi connectivity index (χ0v) is 18.4. The molecule has 2 nitrogen and oxygen atoms in total. The largest absolute Gasteiger partial charge is 0.375 e. The Labute approximate surface area is 191 Å². The minimum atomic E-state index is 0.288. The second-order valence-electron chi connectivity index (χ2n) is 8.56. The van der Waals surface area contributed by atoms with Crippen molar-refractivity contribution in [2.24, 2.45) is 0 Å². The average Bonchev–Trinajstić information content (AvgIpc) is 2.85. The predicted molar refractivity (Wildman–Crippen MR) is 131 cm³/mol. The molecule has 1 aliphatic rings. The van der Waals surface area contributed by atoms with E-state index in [1.165, 1.54) is 33.4 Å². The van der Waals surface area contributed by atoms with Gasteiger partial charge in [0, 0.05) is 19.1 Å². The molecule has 1 unspecified atom stereocenters. The fourth-order valence-electron chi connectivity index (χ4n) is 4.67. The molecule has 0 fully saturated rings. The SMILES string of the molecule is c1ccc(CC2COCc3ccccc3-c3ccccc3CN2Cc2ccccc2)cc1. The summed E-state index contributed by atoms with van der Waals surface area (Å²) in [4.78, 5) is 2.59. The topological polar surface area (TPSA) is 12.5 Å². The van der Waals surface area contributed by atoms with E-state index >= 15 is 0 Å². The summed E-state index contributed by atoms with van der Waals surface area (Å²) < 4.78 is 6.36. The number of nitrogens with zero attached hydrogens (tertiary/aromatic N) is 1. The molecule has 160 valence electrons. The average molecular weight is 420 g/mol. The van der Waals surface area contributed by atoms with Crippen LogP contribution in [-0.2, 0) is 30.9 Å². The molecule has 0 aromatic heterocycles. The lowest BCUT2D eigenvalue weighted by Crippen LogP contribution is -2.40. The molecular weight excluding hydrogens is 390 g/mol. The summed E-state index contributed by atoms with van der Waals surface area (Å²) >= 11 is 0. The highest BCUT2D eigenvalue weighted by molar-refractivity contribution is 5.70. The van der Waals surface area contributed by atoms with Gasteiger partial charge in [0.2, 0.25) is 0 Å². The molecule has 0 amide bonds. The fourth-order valence-corrected chi connectivity index (χ4v) is 4.67. The first kappa shape index (κ1) is 20.7. The Morgan fingerprint density at radius 3 is 1.91 bits per heavy atom. The van der Waals surface area contributed by atoms with E-state index in [9.17, 15) is 0 Å². The highest BCUT2D eigenvalue weighted by Gasteiger charge is 2.23. The first-order valence-electron chi connectivity index (χ1n) is 11.4. The molecule has 4 aromatic rings. The smallest absolute Gasteiger partial charge is 0.0723 e. The Morgan fingerprint density at radius 2 is 1.19 bits per heavy atom. The van der Waals surface area contributed by atoms with E-state index in [2.05, 4.69) is 114 Å². The Hall–Kier alpha value is -3.20. The molecule has 1 atom stereocenters. The number of hydrogen-bond acceptors (Lipinski definition) is 2. The summed E-state index contributed by atoms with van der Waals surface area (Å²) in [5.41, 5.74) is 7.91. The first-order chi connectivity index (χ1) is 15.9. The molecule has 0 saturated carbocycles. The molecule has 0 N–H and O–H groups in total. The summed E-state index contributed by atoms with van der Waals surface area (Å²) in [6.45, 7) is 3.13. The van der Waals surface area contributed by atoms with Gasteiger partial charge in [0.25, 0.3) is 0 Å². The van der Waals surface area contributed by atoms with Gasteiger partial charge in [-0.05, 0) is 39.8 Å². The molecular formula is C30H29NO. The van der Waals surface area contributed by atoms with Crippen LogP contribution in [0.5, 0.6) is 0 Å². The van der Waals surface area contributed by atoms with Crippen molar-refractivity contribution >= 4 is 0 Å². The summed E-state index contributed by atoms with van der Waals surface area (Å²) in [6, 6.07) is 39.4. The zero-order valence-electron chi connectivity index (χ0n) is 18.4. The van der Waals surface area contributed by atoms with Crippen molar-refractivity contribution in [1.82, 2.24) is 4.90 Å². The lowest BCUT2D eigenvalue weighted by Gasteiger charge is -2.34. The van der Waals surface area contributed by atoms with Crippen LogP contribution in [0.25, 0.3) is 11.1 Å². The van der Waals surface area contributed by atoms with Crippen molar-refractivity contribution in [2.75, 3.05) is 6.61 Å². The summed E-state index contributed by atoms with van der Waals surface area (Å²) in [6.07, 6.45) is 0.970. The molecule has 0 spiro atoms. The minimum absolute atomic E-state index is 0.288. The van der Waals surface area contributed by atoms with Crippen LogP contribution in [0.2, 0.25) is 0 Å². The van der Waals surface area contributed by atoms with Gasteiger partial charge in [0.15, 0.2) is 0 Å². The van der Waals surface area contributed by atoms with Crippen molar-refractivity contribution in [2.45, 2.75) is 32.2 Å². The molecule has 0 aliphatic carbocycles. The lowest BCUT2D eigenvalue weighted by molar-refractivity contribution is 0.0424. The van der Waals surface area contributed by atoms with Crippen LogP contribution in [0, 0.1) is 0 Å². The second-order valence-corrected chi connectivity index (χ2v) is 8.56. The third kappa shape index (κ3) is 4.83. The molecule has 5 rings (SSSR count). The van der Waals surface area contributed by atoms with E-state index in [1.54, 1.807) is 0 Å². The Kier molecular flexibility index (Phi) is 6.43. The fraction of sp³-hybridized carbons (Fsp3) is 0.200. The quantitative estimate of drug-likeness (QED) is 0.374. The van der Waals surface area contributed by atoms with Crippen molar-refractivity contribution in [1.29, 1.82) is 0 Å². The number of fused-ring (bicyclic) bond motifs is 3. The number of benzene rings is 4. The van der Waals surface area contributed by atoms with Gasteiger partial charge < -0.3 is 4.74 Å². The highest BCUT2D eigenvalue weighted by atomic mass is 16.5. The van der Waals surface area contributed by atoms with Gasteiger partial charge in [0.05, 0.1) is 13.2 Å². The zero-order chi connectivity index (χ0) is 21.6. The lowest BCUT2D eigenvalue weighted by atomic mass is 9.94. The van der Waals surface area contributed by atoms with Gasteiger partial charge in [0.1, 0.15) is 0 Å². The third-order valence-electron chi connectivity index (χ3n) is 6.33. The van der Waals surface area contributed by atoms with Crippen LogP contribution in [0.15, 0.2) is 109 Å². The van der Waals surface area contributed by atoms with Crippen molar-refractivity contribution in [3.8, 4) is 11.1 Å². The first-order valence-corrected chi connectivity index (χ1v) is 11.4. The van der Waals surface area contributed by atoms with E-state index in [1.807, 2.05) is 0 Å².